The van der Waals surface area contributed by atoms with Crippen LogP contribution < -0.4 is 4.90 Å². The molecule has 2 rings (SSSR count). The van der Waals surface area contributed by atoms with Crippen molar-refractivity contribution in [3.8, 4) is 6.07 Å². The van der Waals surface area contributed by atoms with Crippen molar-refractivity contribution in [1.29, 1.82) is 5.26 Å². The second kappa shape index (κ2) is 4.69. The highest BCUT2D eigenvalue weighted by atomic mass is 16.2. The molecule has 0 saturated carbocycles. The Bertz CT molecular complexity index is 516. The smallest absolute Gasteiger partial charge is 0.255 e. The van der Waals surface area contributed by atoms with Gasteiger partial charge in [-0.15, -0.1) is 0 Å². The van der Waals surface area contributed by atoms with Gasteiger partial charge in [-0.25, -0.2) is 0 Å². The number of carbonyl (C=O) groups excluding carboxylic acids is 1. The van der Waals surface area contributed by atoms with Gasteiger partial charge in [0.05, 0.1) is 6.07 Å². The fourth-order valence-electron chi connectivity index (χ4n) is 2.30. The Morgan fingerprint density at radius 1 is 1.44 bits per heavy atom. The maximum Gasteiger partial charge on any atom is 0.255 e. The molecule has 4 heteroatoms. The molecule has 1 aliphatic rings. The van der Waals surface area contributed by atoms with Gasteiger partial charge in [0.15, 0.2) is 0 Å². The highest BCUT2D eigenvalue weighted by molar-refractivity contribution is 6.00. The molecule has 1 aliphatic heterocycles. The number of nitrogens with zero attached hydrogens (tertiary/aromatic N) is 3. The number of anilines is 1. The Morgan fingerprint density at radius 2 is 2.17 bits per heavy atom. The average molecular weight is 243 g/mol. The van der Waals surface area contributed by atoms with E-state index in [1.807, 2.05) is 44.1 Å². The summed E-state index contributed by atoms with van der Waals surface area (Å²) in [6.07, 6.45) is 0.860. The van der Waals surface area contributed by atoms with E-state index in [0.29, 0.717) is 12.1 Å². The Labute approximate surface area is 107 Å². The molecule has 1 aromatic carbocycles. The molecule has 0 aliphatic carbocycles. The largest absolute Gasteiger partial charge is 0.378 e. The first-order chi connectivity index (χ1) is 8.60. The molecule has 0 bridgehead atoms. The lowest BCUT2D eigenvalue weighted by Crippen LogP contribution is -2.28. The SMILES string of the molecule is CCCN1C(=O)c2ccc(N(C)C)cc2C1C#N. The van der Waals surface area contributed by atoms with Crippen molar-refractivity contribution in [1.82, 2.24) is 4.90 Å². The molecule has 1 atom stereocenters. The molecule has 1 heterocycles. The Balaban J connectivity index is 2.47. The van der Waals surface area contributed by atoms with Crippen LogP contribution in [-0.4, -0.2) is 31.4 Å². The molecule has 94 valence electrons. The van der Waals surface area contributed by atoms with Crippen LogP contribution in [0.1, 0.15) is 35.3 Å². The zero-order valence-electron chi connectivity index (χ0n) is 11.0. The van der Waals surface area contributed by atoms with Crippen molar-refractivity contribution in [3.63, 3.8) is 0 Å². The van der Waals surface area contributed by atoms with Gasteiger partial charge < -0.3 is 9.80 Å². The van der Waals surface area contributed by atoms with E-state index >= 15 is 0 Å². The van der Waals surface area contributed by atoms with Gasteiger partial charge in [-0.3, -0.25) is 4.79 Å². The standard InChI is InChI=1S/C14H17N3O/c1-4-7-17-13(9-15)12-8-10(16(2)3)5-6-11(12)14(17)18/h5-6,8,13H,4,7H2,1-3H3. The van der Waals surface area contributed by atoms with E-state index in [1.165, 1.54) is 0 Å². The number of rotatable bonds is 3. The van der Waals surface area contributed by atoms with Crippen LogP contribution in [0, 0.1) is 11.3 Å². The number of hydrogen-bond acceptors (Lipinski definition) is 3. The minimum atomic E-state index is -0.438. The first-order valence-electron chi connectivity index (χ1n) is 6.12. The molecular weight excluding hydrogens is 226 g/mol. The van der Waals surface area contributed by atoms with Crippen LogP contribution in [0.25, 0.3) is 0 Å². The molecular formula is C14H17N3O. The molecule has 1 amide bonds. The predicted molar refractivity (Wildman–Crippen MR) is 70.5 cm³/mol. The number of benzene rings is 1. The van der Waals surface area contributed by atoms with Crippen LogP contribution in [0.4, 0.5) is 5.69 Å². The highest BCUT2D eigenvalue weighted by Crippen LogP contribution is 2.35. The monoisotopic (exact) mass is 243 g/mol. The summed E-state index contributed by atoms with van der Waals surface area (Å²) >= 11 is 0. The van der Waals surface area contributed by atoms with E-state index in [9.17, 15) is 10.1 Å². The fourth-order valence-corrected chi connectivity index (χ4v) is 2.30. The normalized spacial score (nSPS) is 17.6. The van der Waals surface area contributed by atoms with Gasteiger partial charge in [0.25, 0.3) is 5.91 Å². The fraction of sp³-hybridized carbons (Fsp3) is 0.429. The molecule has 0 spiro atoms. The van der Waals surface area contributed by atoms with E-state index in [0.717, 1.165) is 17.7 Å². The topological polar surface area (TPSA) is 47.3 Å². The van der Waals surface area contributed by atoms with Crippen LogP contribution in [0.5, 0.6) is 0 Å². The lowest BCUT2D eigenvalue weighted by Gasteiger charge is -2.19. The molecule has 1 aromatic rings. The van der Waals surface area contributed by atoms with Crippen molar-refractivity contribution in [2.45, 2.75) is 19.4 Å². The molecule has 0 saturated heterocycles. The Kier molecular flexibility index (Phi) is 3.24. The van der Waals surface area contributed by atoms with Gasteiger partial charge in [-0.1, -0.05) is 6.92 Å². The van der Waals surface area contributed by atoms with Crippen LogP contribution in [0.3, 0.4) is 0 Å². The van der Waals surface area contributed by atoms with Crippen molar-refractivity contribution < 1.29 is 4.79 Å². The second-order valence-electron chi connectivity index (χ2n) is 4.70. The average Bonchev–Trinajstić information content (AvgIpc) is 2.62. The number of carbonyl (C=O) groups is 1. The Hall–Kier alpha value is -2.02. The van der Waals surface area contributed by atoms with Crippen molar-refractivity contribution in [3.05, 3.63) is 29.3 Å². The third-order valence-electron chi connectivity index (χ3n) is 3.24. The van der Waals surface area contributed by atoms with Crippen LogP contribution in [-0.2, 0) is 0 Å². The Morgan fingerprint density at radius 3 is 2.72 bits per heavy atom. The number of hydrogen-bond donors (Lipinski definition) is 0. The van der Waals surface area contributed by atoms with Gasteiger partial charge in [-0.05, 0) is 24.6 Å². The molecule has 0 fully saturated rings. The van der Waals surface area contributed by atoms with Crippen molar-refractivity contribution in [2.75, 3.05) is 25.5 Å². The van der Waals surface area contributed by atoms with E-state index in [-0.39, 0.29) is 5.91 Å². The summed E-state index contributed by atoms with van der Waals surface area (Å²) in [6.45, 7) is 2.64. The van der Waals surface area contributed by atoms with Gasteiger partial charge in [0, 0.05) is 37.5 Å². The molecule has 0 radical (unpaired) electrons. The first-order valence-corrected chi connectivity index (χ1v) is 6.12. The minimum absolute atomic E-state index is 0.0243. The number of amides is 1. The first kappa shape index (κ1) is 12.4. The van der Waals surface area contributed by atoms with Gasteiger partial charge in [0.1, 0.15) is 6.04 Å². The summed E-state index contributed by atoms with van der Waals surface area (Å²) in [5, 5.41) is 9.30. The number of fused-ring (bicyclic) bond motifs is 1. The molecule has 0 N–H and O–H groups in total. The molecule has 1 unspecified atom stereocenters. The van der Waals surface area contributed by atoms with Crippen molar-refractivity contribution >= 4 is 11.6 Å². The van der Waals surface area contributed by atoms with Gasteiger partial charge in [0.2, 0.25) is 0 Å². The number of nitriles is 1. The van der Waals surface area contributed by atoms with E-state index < -0.39 is 6.04 Å². The summed E-state index contributed by atoms with van der Waals surface area (Å²) < 4.78 is 0. The van der Waals surface area contributed by atoms with Crippen LogP contribution in [0.15, 0.2) is 18.2 Å². The molecule has 4 nitrogen and oxygen atoms in total. The second-order valence-corrected chi connectivity index (χ2v) is 4.70. The van der Waals surface area contributed by atoms with Gasteiger partial charge >= 0.3 is 0 Å². The maximum atomic E-state index is 12.2. The molecule has 0 aromatic heterocycles. The molecule has 18 heavy (non-hydrogen) atoms. The third-order valence-corrected chi connectivity index (χ3v) is 3.24. The van der Waals surface area contributed by atoms with Gasteiger partial charge in [-0.2, -0.15) is 5.26 Å². The van der Waals surface area contributed by atoms with E-state index in [1.54, 1.807) is 4.90 Å². The van der Waals surface area contributed by atoms with E-state index in [2.05, 4.69) is 6.07 Å². The third kappa shape index (κ3) is 1.82. The van der Waals surface area contributed by atoms with Crippen LogP contribution in [0.2, 0.25) is 0 Å². The summed E-state index contributed by atoms with van der Waals surface area (Å²) in [4.78, 5) is 15.8. The summed E-state index contributed by atoms with van der Waals surface area (Å²) in [6, 6.07) is 7.49. The van der Waals surface area contributed by atoms with Crippen LogP contribution >= 0.6 is 0 Å². The summed E-state index contributed by atoms with van der Waals surface area (Å²) in [7, 11) is 3.90. The highest BCUT2D eigenvalue weighted by Gasteiger charge is 2.36. The predicted octanol–water partition coefficient (Wildman–Crippen LogP) is 2.18. The summed E-state index contributed by atoms with van der Waals surface area (Å²) in [5.41, 5.74) is 2.52. The minimum Gasteiger partial charge on any atom is -0.378 e. The zero-order chi connectivity index (χ0) is 13.3. The lowest BCUT2D eigenvalue weighted by atomic mass is 10.0. The maximum absolute atomic E-state index is 12.2. The quantitative estimate of drug-likeness (QED) is 0.817. The lowest BCUT2D eigenvalue weighted by molar-refractivity contribution is 0.0758. The summed E-state index contributed by atoms with van der Waals surface area (Å²) in [5.74, 6) is -0.0243. The van der Waals surface area contributed by atoms with Crippen molar-refractivity contribution in [2.24, 2.45) is 0 Å². The zero-order valence-corrected chi connectivity index (χ0v) is 11.0. The van der Waals surface area contributed by atoms with E-state index in [4.69, 9.17) is 0 Å².